The van der Waals surface area contributed by atoms with Crippen molar-refractivity contribution in [2.45, 2.75) is 19.1 Å². The zero-order valence-electron chi connectivity index (χ0n) is 16.2. The summed E-state index contributed by atoms with van der Waals surface area (Å²) in [7, 11) is 1.56. The van der Waals surface area contributed by atoms with Crippen LogP contribution in [0.1, 0.15) is 16.7 Å². The van der Waals surface area contributed by atoms with Gasteiger partial charge in [-0.15, -0.1) is 24.0 Å². The molecule has 0 aliphatic rings. The van der Waals surface area contributed by atoms with Crippen LogP contribution in [0.4, 0.5) is 17.6 Å². The molecule has 0 fully saturated rings. The second kappa shape index (κ2) is 12.4. The van der Waals surface area contributed by atoms with E-state index in [9.17, 15) is 22.4 Å². The summed E-state index contributed by atoms with van der Waals surface area (Å²) in [6.07, 6.45) is -4.20. The van der Waals surface area contributed by atoms with E-state index in [0.29, 0.717) is 36.7 Å². The van der Waals surface area contributed by atoms with Gasteiger partial charge >= 0.3 is 6.18 Å². The number of nitrogens with one attached hydrogen (secondary N) is 3. The number of carbonyl (C=O) groups excluding carboxylic acids is 1. The van der Waals surface area contributed by atoms with Crippen LogP contribution in [0.3, 0.4) is 0 Å². The van der Waals surface area contributed by atoms with Gasteiger partial charge in [0.15, 0.2) is 5.96 Å². The predicted octanol–water partition coefficient (Wildman–Crippen LogP) is 3.49. The van der Waals surface area contributed by atoms with E-state index >= 15 is 0 Å². The highest BCUT2D eigenvalue weighted by molar-refractivity contribution is 14.0. The molecule has 30 heavy (non-hydrogen) atoms. The molecule has 0 spiro atoms. The molecule has 5 nitrogen and oxygen atoms in total. The molecule has 2 aromatic carbocycles. The highest BCUT2D eigenvalue weighted by Crippen LogP contribution is 2.29. The average Bonchev–Trinajstić information content (AvgIpc) is 2.69. The second-order valence-corrected chi connectivity index (χ2v) is 6.20. The van der Waals surface area contributed by atoms with Crippen LogP contribution in [0.15, 0.2) is 53.5 Å². The minimum Gasteiger partial charge on any atom is -0.355 e. The number of hydrogen-bond donors (Lipinski definition) is 3. The van der Waals surface area contributed by atoms with Crippen LogP contribution in [0.5, 0.6) is 0 Å². The third-order valence-corrected chi connectivity index (χ3v) is 3.98. The van der Waals surface area contributed by atoms with E-state index in [1.807, 2.05) is 0 Å². The first kappa shape index (κ1) is 25.7. The molecule has 10 heteroatoms. The van der Waals surface area contributed by atoms with Crippen molar-refractivity contribution in [1.82, 2.24) is 16.0 Å². The first-order chi connectivity index (χ1) is 13.8. The molecule has 0 unspecified atom stereocenters. The Hall–Kier alpha value is -2.37. The lowest BCUT2D eigenvalue weighted by Crippen LogP contribution is -2.41. The summed E-state index contributed by atoms with van der Waals surface area (Å²) in [5.41, 5.74) is 0.694. The second-order valence-electron chi connectivity index (χ2n) is 6.20. The predicted molar refractivity (Wildman–Crippen MR) is 118 cm³/mol. The van der Waals surface area contributed by atoms with Crippen LogP contribution in [0.25, 0.3) is 0 Å². The van der Waals surface area contributed by atoms with E-state index < -0.39 is 11.7 Å². The Morgan fingerprint density at radius 2 is 1.47 bits per heavy atom. The molecule has 0 saturated heterocycles. The molecule has 0 atom stereocenters. The van der Waals surface area contributed by atoms with Gasteiger partial charge in [-0.05, 0) is 35.4 Å². The number of halogens is 5. The van der Waals surface area contributed by atoms with Crippen LogP contribution in [0, 0.1) is 5.82 Å². The van der Waals surface area contributed by atoms with Crippen molar-refractivity contribution in [3.8, 4) is 0 Å². The van der Waals surface area contributed by atoms with E-state index in [-0.39, 0.29) is 42.1 Å². The Morgan fingerprint density at radius 1 is 0.900 bits per heavy atom. The standard InChI is InChI=1S/C20H22F4N4O.HI/c1-25-19(28-13-15-2-6-16(7-3-15)20(22,23)24)27-11-10-26-18(29)12-14-4-8-17(21)9-5-14;/h2-9H,10-13H2,1H3,(H,26,29)(H2,25,27,28);1H. The molecule has 1 amide bonds. The lowest BCUT2D eigenvalue weighted by molar-refractivity contribution is -0.137. The summed E-state index contributed by atoms with van der Waals surface area (Å²) >= 11 is 0. The fraction of sp³-hybridized carbons (Fsp3) is 0.300. The van der Waals surface area contributed by atoms with Gasteiger partial charge in [0.1, 0.15) is 5.82 Å². The summed E-state index contributed by atoms with van der Waals surface area (Å²) in [5.74, 6) is -0.0858. The number of alkyl halides is 3. The molecule has 2 rings (SSSR count). The number of hydrogen-bond acceptors (Lipinski definition) is 2. The molecule has 0 aliphatic heterocycles. The van der Waals surface area contributed by atoms with E-state index in [4.69, 9.17) is 0 Å². The van der Waals surface area contributed by atoms with Crippen LogP contribution < -0.4 is 16.0 Å². The third-order valence-electron chi connectivity index (χ3n) is 3.98. The molecular weight excluding hydrogens is 515 g/mol. The van der Waals surface area contributed by atoms with Crippen LogP contribution in [-0.4, -0.2) is 32.0 Å². The van der Waals surface area contributed by atoms with Crippen molar-refractivity contribution in [3.63, 3.8) is 0 Å². The smallest absolute Gasteiger partial charge is 0.355 e. The monoisotopic (exact) mass is 538 g/mol. The SMILES string of the molecule is CN=C(NCCNC(=O)Cc1ccc(F)cc1)NCc1ccc(C(F)(F)F)cc1.I. The van der Waals surface area contributed by atoms with Gasteiger partial charge in [-0.1, -0.05) is 24.3 Å². The number of carbonyl (C=O) groups is 1. The number of amides is 1. The van der Waals surface area contributed by atoms with Crippen LogP contribution in [-0.2, 0) is 23.9 Å². The highest BCUT2D eigenvalue weighted by atomic mass is 127. The first-order valence-electron chi connectivity index (χ1n) is 8.89. The van der Waals surface area contributed by atoms with Crippen molar-refractivity contribution in [1.29, 1.82) is 0 Å². The van der Waals surface area contributed by atoms with Crippen molar-refractivity contribution in [3.05, 3.63) is 71.0 Å². The maximum atomic E-state index is 12.8. The first-order valence-corrected chi connectivity index (χ1v) is 8.89. The number of rotatable bonds is 7. The summed E-state index contributed by atoms with van der Waals surface area (Å²) in [4.78, 5) is 15.9. The minimum atomic E-state index is -4.36. The minimum absolute atomic E-state index is 0. The molecule has 0 aliphatic carbocycles. The van der Waals surface area contributed by atoms with Gasteiger partial charge < -0.3 is 16.0 Å². The topological polar surface area (TPSA) is 65.5 Å². The molecule has 0 heterocycles. The molecule has 164 valence electrons. The maximum Gasteiger partial charge on any atom is 0.416 e. The summed E-state index contributed by atoms with van der Waals surface area (Å²) < 4.78 is 50.5. The normalized spacial score (nSPS) is 11.4. The van der Waals surface area contributed by atoms with Gasteiger partial charge in [0.2, 0.25) is 5.91 Å². The fourth-order valence-electron chi connectivity index (χ4n) is 2.45. The average molecular weight is 538 g/mol. The highest BCUT2D eigenvalue weighted by Gasteiger charge is 2.29. The molecule has 0 bridgehead atoms. The Morgan fingerprint density at radius 3 is 2.03 bits per heavy atom. The molecular formula is C20H23F4IN4O. The van der Waals surface area contributed by atoms with Gasteiger partial charge in [0.25, 0.3) is 0 Å². The van der Waals surface area contributed by atoms with Crippen LogP contribution in [0.2, 0.25) is 0 Å². The van der Waals surface area contributed by atoms with Gasteiger partial charge in [0, 0.05) is 26.7 Å². The van der Waals surface area contributed by atoms with Crippen molar-refractivity contribution in [2.75, 3.05) is 20.1 Å². The molecule has 0 aromatic heterocycles. The van der Waals surface area contributed by atoms with Gasteiger partial charge in [-0.25, -0.2) is 4.39 Å². The lowest BCUT2D eigenvalue weighted by atomic mass is 10.1. The van der Waals surface area contributed by atoms with E-state index in [1.165, 1.54) is 24.3 Å². The summed E-state index contributed by atoms with van der Waals surface area (Å²) in [5, 5.41) is 8.72. The van der Waals surface area contributed by atoms with Crippen molar-refractivity contribution >= 4 is 35.8 Å². The van der Waals surface area contributed by atoms with Crippen LogP contribution >= 0.6 is 24.0 Å². The number of guanidine groups is 1. The zero-order chi connectivity index (χ0) is 21.3. The van der Waals surface area contributed by atoms with Gasteiger partial charge in [-0.3, -0.25) is 9.79 Å². The number of aliphatic imine (C=N–C) groups is 1. The van der Waals surface area contributed by atoms with Crippen molar-refractivity contribution < 1.29 is 22.4 Å². The lowest BCUT2D eigenvalue weighted by Gasteiger charge is -2.13. The Kier molecular flexibility index (Phi) is 10.6. The van der Waals surface area contributed by atoms with Gasteiger partial charge in [-0.2, -0.15) is 13.2 Å². The number of nitrogens with zero attached hydrogens (tertiary/aromatic N) is 1. The molecule has 3 N–H and O–H groups in total. The van der Waals surface area contributed by atoms with Gasteiger partial charge in [0.05, 0.1) is 12.0 Å². The van der Waals surface area contributed by atoms with E-state index in [1.54, 1.807) is 19.2 Å². The quantitative estimate of drug-likeness (QED) is 0.166. The summed E-state index contributed by atoms with van der Waals surface area (Å²) in [6.45, 7) is 1.05. The van der Waals surface area contributed by atoms with E-state index in [0.717, 1.165) is 12.1 Å². The largest absolute Gasteiger partial charge is 0.416 e. The summed E-state index contributed by atoms with van der Waals surface area (Å²) in [6, 6.07) is 10.6. The number of benzene rings is 2. The Labute approximate surface area is 189 Å². The fourth-order valence-corrected chi connectivity index (χ4v) is 2.45. The molecule has 2 aromatic rings. The van der Waals surface area contributed by atoms with Crippen molar-refractivity contribution in [2.24, 2.45) is 4.99 Å². The maximum absolute atomic E-state index is 12.8. The Bertz CT molecular complexity index is 824. The van der Waals surface area contributed by atoms with E-state index in [2.05, 4.69) is 20.9 Å². The third kappa shape index (κ3) is 8.97. The molecule has 0 radical (unpaired) electrons. The Balaban J connectivity index is 0.00000450. The molecule has 0 saturated carbocycles. The zero-order valence-corrected chi connectivity index (χ0v) is 18.6.